The number of methoxy groups -OCH3 is 1. The van der Waals surface area contributed by atoms with E-state index in [0.717, 1.165) is 0 Å². The van der Waals surface area contributed by atoms with E-state index in [9.17, 15) is 9.59 Å². The lowest BCUT2D eigenvalue weighted by Crippen LogP contribution is -2.35. The van der Waals surface area contributed by atoms with Crippen LogP contribution in [0.2, 0.25) is 0 Å². The van der Waals surface area contributed by atoms with Crippen molar-refractivity contribution in [2.45, 2.75) is 13.0 Å². The van der Waals surface area contributed by atoms with Crippen molar-refractivity contribution in [1.29, 1.82) is 0 Å². The fourth-order valence-corrected chi connectivity index (χ4v) is 1.50. The van der Waals surface area contributed by atoms with Crippen molar-refractivity contribution in [3.05, 3.63) is 29.8 Å². The van der Waals surface area contributed by atoms with E-state index in [1.54, 1.807) is 24.3 Å². The van der Waals surface area contributed by atoms with Crippen LogP contribution in [0.5, 0.6) is 0 Å². The summed E-state index contributed by atoms with van der Waals surface area (Å²) in [6, 6.07) is 6.60. The molecule has 0 saturated carbocycles. The molecule has 0 heterocycles. The predicted molar refractivity (Wildman–Crippen MR) is 72.9 cm³/mol. The van der Waals surface area contributed by atoms with Crippen molar-refractivity contribution in [3.63, 3.8) is 0 Å². The summed E-state index contributed by atoms with van der Waals surface area (Å²) >= 11 is 0. The van der Waals surface area contributed by atoms with E-state index in [1.807, 2.05) is 6.92 Å². The van der Waals surface area contributed by atoms with Gasteiger partial charge in [-0.05, 0) is 31.2 Å². The Hall–Kier alpha value is -1.92. The van der Waals surface area contributed by atoms with Gasteiger partial charge in [-0.1, -0.05) is 0 Å². The molecule has 1 rings (SSSR count). The van der Waals surface area contributed by atoms with Crippen molar-refractivity contribution in [3.8, 4) is 0 Å². The minimum atomic E-state index is -0.678. The van der Waals surface area contributed by atoms with Gasteiger partial charge in [0.1, 0.15) is 6.10 Å². The average molecular weight is 265 g/mol. The molecule has 104 valence electrons. The molecule has 1 unspecified atom stereocenters. The molecule has 19 heavy (non-hydrogen) atoms. The third-order valence-corrected chi connectivity index (χ3v) is 2.54. The average Bonchev–Trinajstić information content (AvgIpc) is 2.41. The van der Waals surface area contributed by atoms with Gasteiger partial charge in [0.25, 0.3) is 11.8 Å². The van der Waals surface area contributed by atoms with Gasteiger partial charge in [-0.2, -0.15) is 0 Å². The van der Waals surface area contributed by atoms with Gasteiger partial charge in [0.05, 0.1) is 0 Å². The lowest BCUT2D eigenvalue weighted by atomic mass is 10.2. The highest BCUT2D eigenvalue weighted by molar-refractivity contribution is 5.96. The first-order valence-corrected chi connectivity index (χ1v) is 6.04. The molecule has 4 N–H and O–H groups in total. The van der Waals surface area contributed by atoms with Crippen molar-refractivity contribution in [2.24, 2.45) is 5.73 Å². The Balaban J connectivity index is 2.66. The molecule has 0 aromatic heterocycles. The number of carbonyl (C=O) groups excluding carboxylic acids is 2. The van der Waals surface area contributed by atoms with Gasteiger partial charge in [0, 0.05) is 31.5 Å². The molecule has 2 amide bonds. The third-order valence-electron chi connectivity index (χ3n) is 2.54. The van der Waals surface area contributed by atoms with E-state index in [2.05, 4.69) is 10.6 Å². The van der Waals surface area contributed by atoms with Crippen LogP contribution < -0.4 is 16.4 Å². The first-order valence-electron chi connectivity index (χ1n) is 6.04. The van der Waals surface area contributed by atoms with E-state index in [0.29, 0.717) is 17.8 Å². The second-order valence-corrected chi connectivity index (χ2v) is 3.89. The number of carbonyl (C=O) groups is 2. The number of rotatable bonds is 6. The fourth-order valence-electron chi connectivity index (χ4n) is 1.50. The molecule has 0 aliphatic rings. The summed E-state index contributed by atoms with van der Waals surface area (Å²) in [7, 11) is 1.43. The van der Waals surface area contributed by atoms with Gasteiger partial charge in [-0.15, -0.1) is 0 Å². The number of nitrogens with two attached hydrogens (primary N) is 1. The van der Waals surface area contributed by atoms with Crippen LogP contribution in [-0.2, 0) is 9.53 Å². The zero-order chi connectivity index (χ0) is 14.3. The molecule has 1 aromatic carbocycles. The minimum absolute atomic E-state index is 0.110. The Labute approximate surface area is 112 Å². The number of amides is 2. The Kier molecular flexibility index (Phi) is 5.98. The second kappa shape index (κ2) is 7.50. The van der Waals surface area contributed by atoms with E-state index in [1.165, 1.54) is 7.11 Å². The van der Waals surface area contributed by atoms with Crippen LogP contribution in [0.25, 0.3) is 0 Å². The maximum atomic E-state index is 11.7. The second-order valence-electron chi connectivity index (χ2n) is 3.89. The van der Waals surface area contributed by atoms with Crippen LogP contribution in [0, 0.1) is 0 Å². The lowest BCUT2D eigenvalue weighted by Gasteiger charge is -2.13. The molecule has 0 spiro atoms. The summed E-state index contributed by atoms with van der Waals surface area (Å²) < 4.78 is 4.93. The van der Waals surface area contributed by atoms with Gasteiger partial charge in [-0.25, -0.2) is 0 Å². The highest BCUT2D eigenvalue weighted by atomic mass is 16.5. The molecule has 1 atom stereocenters. The van der Waals surface area contributed by atoms with Gasteiger partial charge in [0.15, 0.2) is 0 Å². The SMILES string of the molecule is CCNC(=O)c1ccc(NC(=O)C(CN)OC)cc1. The van der Waals surface area contributed by atoms with Crippen LogP contribution in [0.4, 0.5) is 5.69 Å². The molecule has 6 heteroatoms. The van der Waals surface area contributed by atoms with Crippen molar-refractivity contribution in [2.75, 3.05) is 25.5 Å². The highest BCUT2D eigenvalue weighted by Gasteiger charge is 2.15. The number of nitrogens with one attached hydrogen (secondary N) is 2. The van der Waals surface area contributed by atoms with E-state index < -0.39 is 6.10 Å². The Morgan fingerprint density at radius 1 is 1.32 bits per heavy atom. The topological polar surface area (TPSA) is 93.5 Å². The van der Waals surface area contributed by atoms with Gasteiger partial charge in [-0.3, -0.25) is 9.59 Å². The maximum Gasteiger partial charge on any atom is 0.254 e. The zero-order valence-electron chi connectivity index (χ0n) is 11.1. The summed E-state index contributed by atoms with van der Waals surface area (Å²) in [5.41, 5.74) is 6.53. The van der Waals surface area contributed by atoms with Crippen LogP contribution in [-0.4, -0.2) is 38.1 Å². The molecule has 0 saturated heterocycles. The van der Waals surface area contributed by atoms with Gasteiger partial charge in [0.2, 0.25) is 0 Å². The number of hydrogen-bond acceptors (Lipinski definition) is 4. The minimum Gasteiger partial charge on any atom is -0.370 e. The van der Waals surface area contributed by atoms with E-state index >= 15 is 0 Å². The maximum absolute atomic E-state index is 11.7. The summed E-state index contributed by atoms with van der Waals surface area (Å²) in [5, 5.41) is 5.36. The summed E-state index contributed by atoms with van der Waals surface area (Å²) in [5.74, 6) is -0.451. The number of anilines is 1. The Morgan fingerprint density at radius 2 is 1.95 bits per heavy atom. The molecule has 0 fully saturated rings. The quantitative estimate of drug-likeness (QED) is 0.692. The normalized spacial score (nSPS) is 11.7. The smallest absolute Gasteiger partial charge is 0.254 e. The van der Waals surface area contributed by atoms with Gasteiger partial charge < -0.3 is 21.1 Å². The molecular formula is C13H19N3O3. The van der Waals surface area contributed by atoms with E-state index in [4.69, 9.17) is 10.5 Å². The standard InChI is InChI=1S/C13H19N3O3/c1-3-15-12(17)9-4-6-10(7-5-9)16-13(18)11(8-14)19-2/h4-7,11H,3,8,14H2,1-2H3,(H,15,17)(H,16,18). The first-order chi connectivity index (χ1) is 9.12. The van der Waals surface area contributed by atoms with Crippen LogP contribution in [0.1, 0.15) is 17.3 Å². The molecule has 0 bridgehead atoms. The molecule has 0 aliphatic heterocycles. The van der Waals surface area contributed by atoms with Crippen LogP contribution >= 0.6 is 0 Å². The van der Waals surface area contributed by atoms with Crippen molar-refractivity contribution < 1.29 is 14.3 Å². The highest BCUT2D eigenvalue weighted by Crippen LogP contribution is 2.10. The molecular weight excluding hydrogens is 246 g/mol. The number of benzene rings is 1. The third kappa shape index (κ3) is 4.35. The lowest BCUT2D eigenvalue weighted by molar-refractivity contribution is -0.125. The number of ether oxygens (including phenoxy) is 1. The largest absolute Gasteiger partial charge is 0.370 e. The van der Waals surface area contributed by atoms with Gasteiger partial charge >= 0.3 is 0 Å². The summed E-state index contributed by atoms with van der Waals surface area (Å²) in [6.45, 7) is 2.53. The summed E-state index contributed by atoms with van der Waals surface area (Å²) in [4.78, 5) is 23.2. The summed E-state index contributed by atoms with van der Waals surface area (Å²) in [6.07, 6.45) is -0.678. The van der Waals surface area contributed by atoms with Crippen molar-refractivity contribution in [1.82, 2.24) is 5.32 Å². The van der Waals surface area contributed by atoms with E-state index in [-0.39, 0.29) is 18.4 Å². The predicted octanol–water partition coefficient (Wildman–Crippen LogP) is 0.349. The number of hydrogen-bond donors (Lipinski definition) is 3. The fraction of sp³-hybridized carbons (Fsp3) is 0.385. The van der Waals surface area contributed by atoms with Crippen molar-refractivity contribution >= 4 is 17.5 Å². The Morgan fingerprint density at radius 3 is 2.42 bits per heavy atom. The Bertz CT molecular complexity index is 427. The van der Waals surface area contributed by atoms with Crippen LogP contribution in [0.15, 0.2) is 24.3 Å². The monoisotopic (exact) mass is 265 g/mol. The zero-order valence-corrected chi connectivity index (χ0v) is 11.1. The molecule has 0 aliphatic carbocycles. The van der Waals surface area contributed by atoms with Crippen LogP contribution in [0.3, 0.4) is 0 Å². The first kappa shape index (κ1) is 15.1. The molecule has 1 aromatic rings. The molecule has 6 nitrogen and oxygen atoms in total. The molecule has 0 radical (unpaired) electrons.